The Kier molecular flexibility index (Phi) is 8.58. The first kappa shape index (κ1) is 23.4. The molecule has 0 aromatic heterocycles. The van der Waals surface area contributed by atoms with E-state index in [0.29, 0.717) is 30.3 Å². The number of anilines is 2. The van der Waals surface area contributed by atoms with Crippen molar-refractivity contribution in [2.24, 2.45) is 0 Å². The topological polar surface area (TPSA) is 138 Å². The van der Waals surface area contributed by atoms with Gasteiger partial charge in [-0.05, 0) is 24.3 Å². The summed E-state index contributed by atoms with van der Waals surface area (Å²) in [5.41, 5.74) is 0.256. The minimum absolute atomic E-state index is 0.0566. The Morgan fingerprint density at radius 2 is 1.77 bits per heavy atom. The Labute approximate surface area is 178 Å². The maximum Gasteiger partial charge on any atom is 0.338 e. The van der Waals surface area contributed by atoms with Crippen molar-refractivity contribution < 1.29 is 33.5 Å². The van der Waals surface area contributed by atoms with E-state index >= 15 is 0 Å². The molecule has 0 aliphatic rings. The van der Waals surface area contributed by atoms with Gasteiger partial charge in [-0.15, -0.1) is 0 Å². The fourth-order valence-electron chi connectivity index (χ4n) is 2.55. The molecule has 1 amide bonds. The molecule has 2 N–H and O–H groups in total. The fraction of sp³-hybridized carbons (Fsp3) is 0.300. The van der Waals surface area contributed by atoms with Crippen LogP contribution >= 0.6 is 0 Å². The van der Waals surface area contributed by atoms with E-state index in [1.165, 1.54) is 33.5 Å². The van der Waals surface area contributed by atoms with Crippen molar-refractivity contribution >= 4 is 28.9 Å². The van der Waals surface area contributed by atoms with Crippen molar-refractivity contribution in [3.63, 3.8) is 0 Å². The van der Waals surface area contributed by atoms with Gasteiger partial charge >= 0.3 is 5.97 Å². The van der Waals surface area contributed by atoms with Crippen molar-refractivity contribution in [2.45, 2.75) is 0 Å². The van der Waals surface area contributed by atoms with Crippen molar-refractivity contribution in [2.75, 3.05) is 51.7 Å². The zero-order valence-corrected chi connectivity index (χ0v) is 17.3. The maximum atomic E-state index is 12.2. The fourth-order valence-corrected chi connectivity index (χ4v) is 2.55. The molecular formula is C20H23N3O8. The summed E-state index contributed by atoms with van der Waals surface area (Å²) in [6.45, 7) is 0.126. The minimum atomic E-state index is -0.872. The molecule has 31 heavy (non-hydrogen) atoms. The molecule has 0 bridgehead atoms. The molecular weight excluding hydrogens is 410 g/mol. The lowest BCUT2D eigenvalue weighted by Gasteiger charge is -2.12. The molecule has 0 radical (unpaired) electrons. The number of amides is 1. The molecule has 0 saturated heterocycles. The molecule has 11 heteroatoms. The zero-order chi connectivity index (χ0) is 22.8. The quantitative estimate of drug-likeness (QED) is 0.237. The second-order valence-electron chi connectivity index (χ2n) is 6.10. The predicted molar refractivity (Wildman–Crippen MR) is 112 cm³/mol. The van der Waals surface area contributed by atoms with Gasteiger partial charge in [0.25, 0.3) is 11.6 Å². The molecule has 0 heterocycles. The maximum absolute atomic E-state index is 12.2. The summed E-state index contributed by atoms with van der Waals surface area (Å²) in [6.07, 6.45) is 0. The zero-order valence-electron chi connectivity index (χ0n) is 17.3. The lowest BCUT2D eigenvalue weighted by atomic mass is 10.1. The third kappa shape index (κ3) is 6.57. The van der Waals surface area contributed by atoms with Gasteiger partial charge in [-0.25, -0.2) is 4.79 Å². The minimum Gasteiger partial charge on any atom is -0.497 e. The molecule has 0 unspecified atom stereocenters. The third-order valence-electron chi connectivity index (χ3n) is 4.07. The molecule has 2 aromatic rings. The van der Waals surface area contributed by atoms with Crippen LogP contribution in [0, 0.1) is 10.1 Å². The highest BCUT2D eigenvalue weighted by Gasteiger charge is 2.19. The predicted octanol–water partition coefficient (Wildman–Crippen LogP) is 2.47. The van der Waals surface area contributed by atoms with E-state index in [1.54, 1.807) is 18.2 Å². The number of nitrogens with zero attached hydrogens (tertiary/aromatic N) is 1. The molecule has 0 aliphatic heterocycles. The van der Waals surface area contributed by atoms with E-state index in [9.17, 15) is 19.7 Å². The number of esters is 1. The number of nitrogens with one attached hydrogen (secondary N) is 2. The van der Waals surface area contributed by atoms with Gasteiger partial charge in [-0.1, -0.05) is 0 Å². The monoisotopic (exact) mass is 433 g/mol. The van der Waals surface area contributed by atoms with Crippen molar-refractivity contribution in [1.82, 2.24) is 0 Å². The van der Waals surface area contributed by atoms with E-state index < -0.39 is 23.4 Å². The summed E-state index contributed by atoms with van der Waals surface area (Å²) in [5.74, 6) is -0.568. The lowest BCUT2D eigenvalue weighted by Crippen LogP contribution is -2.21. The first-order valence-corrected chi connectivity index (χ1v) is 9.09. The van der Waals surface area contributed by atoms with Crippen molar-refractivity contribution in [3.05, 3.63) is 52.1 Å². The average Bonchev–Trinajstić information content (AvgIpc) is 2.77. The number of hydrogen-bond acceptors (Lipinski definition) is 9. The van der Waals surface area contributed by atoms with Crippen LogP contribution in [0.5, 0.6) is 11.5 Å². The van der Waals surface area contributed by atoms with Gasteiger partial charge in [0.2, 0.25) is 0 Å². The van der Waals surface area contributed by atoms with Gasteiger partial charge in [0.05, 0.1) is 37.0 Å². The Morgan fingerprint density at radius 1 is 1.03 bits per heavy atom. The summed E-state index contributed by atoms with van der Waals surface area (Å²) in [4.78, 5) is 35.1. The van der Waals surface area contributed by atoms with Gasteiger partial charge in [-0.2, -0.15) is 0 Å². The molecule has 166 valence electrons. The van der Waals surface area contributed by atoms with Gasteiger partial charge in [0.1, 0.15) is 17.2 Å². The summed E-state index contributed by atoms with van der Waals surface area (Å²) < 4.78 is 20.1. The second-order valence-corrected chi connectivity index (χ2v) is 6.10. The molecule has 0 aliphatic carbocycles. The summed E-state index contributed by atoms with van der Waals surface area (Å²) in [7, 11) is 4.44. The summed E-state index contributed by atoms with van der Waals surface area (Å²) in [5, 5.41) is 16.7. The van der Waals surface area contributed by atoms with E-state index in [4.69, 9.17) is 18.9 Å². The van der Waals surface area contributed by atoms with Gasteiger partial charge in [0, 0.05) is 25.8 Å². The number of nitro groups is 1. The van der Waals surface area contributed by atoms with E-state index in [-0.39, 0.29) is 16.9 Å². The van der Waals surface area contributed by atoms with Crippen LogP contribution in [0.15, 0.2) is 36.4 Å². The van der Waals surface area contributed by atoms with Crippen molar-refractivity contribution in [3.8, 4) is 11.5 Å². The van der Waals surface area contributed by atoms with Gasteiger partial charge in [-0.3, -0.25) is 14.9 Å². The normalized spacial score (nSPS) is 10.2. The Balaban J connectivity index is 2.01. The SMILES string of the molecule is COCCNc1ccc(C(=O)OCC(=O)Nc2ccc(OC)cc2OC)cc1[N+](=O)[O-]. The Morgan fingerprint density at radius 3 is 2.42 bits per heavy atom. The molecule has 2 aromatic carbocycles. The van der Waals surface area contributed by atoms with E-state index in [0.717, 1.165) is 6.07 Å². The summed E-state index contributed by atoms with van der Waals surface area (Å²) in [6, 6.07) is 8.65. The van der Waals surface area contributed by atoms with Crippen LogP contribution in [0.1, 0.15) is 10.4 Å². The number of methoxy groups -OCH3 is 3. The number of benzene rings is 2. The Bertz CT molecular complexity index is 948. The van der Waals surface area contributed by atoms with Gasteiger partial charge < -0.3 is 29.6 Å². The van der Waals surface area contributed by atoms with Gasteiger partial charge in [0.15, 0.2) is 6.61 Å². The number of carbonyl (C=O) groups is 2. The van der Waals surface area contributed by atoms with Crippen LogP contribution in [0.25, 0.3) is 0 Å². The van der Waals surface area contributed by atoms with Crippen LogP contribution in [-0.4, -0.2) is 57.9 Å². The largest absolute Gasteiger partial charge is 0.497 e. The third-order valence-corrected chi connectivity index (χ3v) is 4.07. The second kappa shape index (κ2) is 11.4. The number of rotatable bonds is 11. The van der Waals surface area contributed by atoms with E-state index in [1.807, 2.05) is 0 Å². The number of ether oxygens (including phenoxy) is 4. The highest BCUT2D eigenvalue weighted by Crippen LogP contribution is 2.29. The standard InChI is InChI=1S/C20H23N3O8/c1-28-9-8-21-15-6-4-13(10-17(15)23(26)27)20(25)31-12-19(24)22-16-7-5-14(29-2)11-18(16)30-3/h4-7,10-11,21H,8-9,12H2,1-3H3,(H,22,24). The van der Waals surface area contributed by atoms with Crippen LogP contribution in [0.3, 0.4) is 0 Å². The Hall–Kier alpha value is -3.86. The number of nitro benzene ring substituents is 1. The number of hydrogen-bond donors (Lipinski definition) is 2. The van der Waals surface area contributed by atoms with E-state index in [2.05, 4.69) is 10.6 Å². The molecule has 0 saturated carbocycles. The first-order chi connectivity index (χ1) is 14.9. The first-order valence-electron chi connectivity index (χ1n) is 9.09. The lowest BCUT2D eigenvalue weighted by molar-refractivity contribution is -0.384. The van der Waals surface area contributed by atoms with Crippen molar-refractivity contribution in [1.29, 1.82) is 0 Å². The average molecular weight is 433 g/mol. The molecule has 11 nitrogen and oxygen atoms in total. The smallest absolute Gasteiger partial charge is 0.338 e. The molecule has 0 fully saturated rings. The van der Waals surface area contributed by atoms with Crippen LogP contribution in [-0.2, 0) is 14.3 Å². The molecule has 2 rings (SSSR count). The van der Waals surface area contributed by atoms with Crippen LogP contribution in [0.2, 0.25) is 0 Å². The van der Waals surface area contributed by atoms with Crippen LogP contribution < -0.4 is 20.1 Å². The highest BCUT2D eigenvalue weighted by molar-refractivity contribution is 5.97. The highest BCUT2D eigenvalue weighted by atomic mass is 16.6. The summed E-state index contributed by atoms with van der Waals surface area (Å²) >= 11 is 0. The van der Waals surface area contributed by atoms with Crippen LogP contribution in [0.4, 0.5) is 17.1 Å². The number of carbonyl (C=O) groups excluding carboxylic acids is 2. The molecule has 0 spiro atoms. The molecule has 0 atom stereocenters.